The molecule has 0 saturated carbocycles. The molecule has 32 heavy (non-hydrogen) atoms. The number of primary amides is 1. The van der Waals surface area contributed by atoms with Crippen LogP contribution in [0.4, 0.5) is 10.7 Å². The predicted octanol–water partition coefficient (Wildman–Crippen LogP) is 1.09. The van der Waals surface area contributed by atoms with Crippen molar-refractivity contribution in [1.29, 1.82) is 0 Å². The number of hydrogen-bond acceptors (Lipinski definition) is 9. The van der Waals surface area contributed by atoms with Gasteiger partial charge < -0.3 is 19.8 Å². The van der Waals surface area contributed by atoms with Crippen molar-refractivity contribution in [3.63, 3.8) is 0 Å². The van der Waals surface area contributed by atoms with E-state index in [9.17, 15) is 14.4 Å². The van der Waals surface area contributed by atoms with Gasteiger partial charge in [0, 0.05) is 37.7 Å². The standard InChI is InChI=1S/C21H22N6O5/c1-2-27(25-8-10-31-11-9-25)21-23-12-15-17(28)16(19(29)32-20(22)30)13-26(18(15)24-21)14-6-4-3-5-7-14/h3-7,12-13H,2,8-11H2,1H3,(H2,22,30). The number of carbonyl (C=O) groups excluding carboxylic acids is 2. The van der Waals surface area contributed by atoms with E-state index in [1.165, 1.54) is 12.4 Å². The maximum atomic E-state index is 13.0. The summed E-state index contributed by atoms with van der Waals surface area (Å²) in [6, 6.07) is 9.07. The van der Waals surface area contributed by atoms with Crippen molar-refractivity contribution in [3.05, 3.63) is 58.5 Å². The molecule has 1 aliphatic heterocycles. The van der Waals surface area contributed by atoms with Crippen LogP contribution < -0.4 is 16.2 Å². The minimum atomic E-state index is -1.29. The maximum Gasteiger partial charge on any atom is 0.412 e. The monoisotopic (exact) mass is 438 g/mol. The molecule has 1 amide bonds. The highest BCUT2D eigenvalue weighted by Gasteiger charge is 2.23. The van der Waals surface area contributed by atoms with Gasteiger partial charge in [-0.05, 0) is 19.1 Å². The highest BCUT2D eigenvalue weighted by molar-refractivity contribution is 5.98. The Bertz CT molecular complexity index is 1210. The highest BCUT2D eigenvalue weighted by Crippen LogP contribution is 2.20. The molecule has 1 saturated heterocycles. The van der Waals surface area contributed by atoms with Crippen LogP contribution in [0, 0.1) is 0 Å². The van der Waals surface area contributed by atoms with Gasteiger partial charge in [0.25, 0.3) is 0 Å². The Labute approximate surface area is 182 Å². The fourth-order valence-electron chi connectivity index (χ4n) is 3.57. The first-order valence-electron chi connectivity index (χ1n) is 10.1. The average Bonchev–Trinajstić information content (AvgIpc) is 2.80. The van der Waals surface area contributed by atoms with E-state index >= 15 is 0 Å². The minimum Gasteiger partial charge on any atom is -0.379 e. The Morgan fingerprint density at radius 1 is 1.22 bits per heavy atom. The van der Waals surface area contributed by atoms with Crippen molar-refractivity contribution >= 4 is 29.0 Å². The van der Waals surface area contributed by atoms with Gasteiger partial charge >= 0.3 is 12.1 Å². The van der Waals surface area contributed by atoms with E-state index in [0.29, 0.717) is 50.1 Å². The summed E-state index contributed by atoms with van der Waals surface area (Å²) < 4.78 is 11.4. The molecule has 2 aromatic heterocycles. The molecule has 166 valence electrons. The number of carbonyl (C=O) groups is 2. The fraction of sp³-hybridized carbons (Fsp3) is 0.286. The van der Waals surface area contributed by atoms with Crippen molar-refractivity contribution in [1.82, 2.24) is 19.5 Å². The maximum absolute atomic E-state index is 13.0. The number of hydrogen-bond donors (Lipinski definition) is 1. The Hall–Kier alpha value is -3.83. The molecule has 1 aliphatic rings. The van der Waals surface area contributed by atoms with E-state index in [4.69, 9.17) is 10.5 Å². The van der Waals surface area contributed by atoms with Crippen LogP contribution in [0.1, 0.15) is 17.3 Å². The number of hydrazine groups is 1. The quantitative estimate of drug-likeness (QED) is 0.459. The van der Waals surface area contributed by atoms with E-state index in [2.05, 4.69) is 19.7 Å². The van der Waals surface area contributed by atoms with Crippen molar-refractivity contribution < 1.29 is 19.1 Å². The number of aromatic nitrogens is 3. The second kappa shape index (κ2) is 9.12. The van der Waals surface area contributed by atoms with E-state index in [-0.39, 0.29) is 10.9 Å². The van der Waals surface area contributed by atoms with Crippen LogP contribution >= 0.6 is 0 Å². The molecule has 3 aromatic rings. The van der Waals surface area contributed by atoms with Gasteiger partial charge in [0.05, 0.1) is 18.6 Å². The van der Waals surface area contributed by atoms with Crippen LogP contribution in [0.25, 0.3) is 16.7 Å². The van der Waals surface area contributed by atoms with Crippen LogP contribution in [0.15, 0.2) is 47.5 Å². The lowest BCUT2D eigenvalue weighted by Gasteiger charge is -2.36. The first-order chi connectivity index (χ1) is 15.5. The highest BCUT2D eigenvalue weighted by atomic mass is 16.6. The molecule has 0 bridgehead atoms. The van der Waals surface area contributed by atoms with Crippen molar-refractivity contribution in [3.8, 4) is 5.69 Å². The topological polar surface area (TPSA) is 133 Å². The summed E-state index contributed by atoms with van der Waals surface area (Å²) in [6.07, 6.45) is 1.38. The molecule has 4 rings (SSSR count). The number of morpholine rings is 1. The van der Waals surface area contributed by atoms with E-state index in [0.717, 1.165) is 0 Å². The summed E-state index contributed by atoms with van der Waals surface area (Å²) >= 11 is 0. The number of fused-ring (bicyclic) bond motifs is 1. The molecule has 0 unspecified atom stereocenters. The van der Waals surface area contributed by atoms with Gasteiger partial charge in [0.2, 0.25) is 11.4 Å². The number of pyridine rings is 1. The van der Waals surface area contributed by atoms with E-state index in [1.807, 2.05) is 30.1 Å². The second-order valence-electron chi connectivity index (χ2n) is 6.98. The normalized spacial score (nSPS) is 14.3. The van der Waals surface area contributed by atoms with Crippen LogP contribution in [0.5, 0.6) is 0 Å². The zero-order valence-corrected chi connectivity index (χ0v) is 17.4. The Morgan fingerprint density at radius 2 is 1.94 bits per heavy atom. The molecular formula is C21H22N6O5. The predicted molar refractivity (Wildman–Crippen MR) is 116 cm³/mol. The van der Waals surface area contributed by atoms with Gasteiger partial charge in [-0.2, -0.15) is 4.98 Å². The molecule has 1 aromatic carbocycles. The number of amides is 1. The van der Waals surface area contributed by atoms with Crippen molar-refractivity contribution in [2.24, 2.45) is 5.73 Å². The second-order valence-corrected chi connectivity index (χ2v) is 6.98. The SMILES string of the molecule is CCN(c1ncc2c(=O)c(C(=O)OC(N)=O)cn(-c3ccccc3)c2n1)N1CCOCC1. The number of nitrogens with two attached hydrogens (primary N) is 1. The summed E-state index contributed by atoms with van der Waals surface area (Å²) in [7, 11) is 0. The molecule has 2 N–H and O–H groups in total. The van der Waals surface area contributed by atoms with Gasteiger partial charge in [-0.3, -0.25) is 9.80 Å². The van der Waals surface area contributed by atoms with Gasteiger partial charge in [-0.25, -0.2) is 19.6 Å². The van der Waals surface area contributed by atoms with Crippen molar-refractivity contribution in [2.75, 3.05) is 37.9 Å². The first-order valence-corrected chi connectivity index (χ1v) is 10.1. The Balaban J connectivity index is 1.90. The molecule has 0 atom stereocenters. The third kappa shape index (κ3) is 4.15. The molecule has 11 heteroatoms. The number of nitrogens with zero attached hydrogens (tertiary/aromatic N) is 5. The number of ether oxygens (including phenoxy) is 2. The smallest absolute Gasteiger partial charge is 0.379 e. The lowest BCUT2D eigenvalue weighted by atomic mass is 10.2. The summed E-state index contributed by atoms with van der Waals surface area (Å²) in [4.78, 5) is 45.4. The van der Waals surface area contributed by atoms with E-state index < -0.39 is 17.5 Å². The summed E-state index contributed by atoms with van der Waals surface area (Å²) in [5.74, 6) is -0.722. The van der Waals surface area contributed by atoms with Crippen LogP contribution in [0.2, 0.25) is 0 Å². The van der Waals surface area contributed by atoms with E-state index in [1.54, 1.807) is 16.7 Å². The lowest BCUT2D eigenvalue weighted by molar-refractivity contribution is 0.0314. The molecule has 11 nitrogen and oxygen atoms in total. The largest absolute Gasteiger partial charge is 0.412 e. The molecule has 1 fully saturated rings. The number of esters is 1. The number of anilines is 1. The third-order valence-electron chi connectivity index (χ3n) is 5.04. The third-order valence-corrected chi connectivity index (χ3v) is 5.04. The minimum absolute atomic E-state index is 0.106. The van der Waals surface area contributed by atoms with Crippen molar-refractivity contribution in [2.45, 2.75) is 6.92 Å². The van der Waals surface area contributed by atoms with Crippen LogP contribution in [-0.2, 0) is 9.47 Å². The number of benzene rings is 1. The van der Waals surface area contributed by atoms with Gasteiger partial charge in [-0.1, -0.05) is 18.2 Å². The number of rotatable bonds is 5. The molecular weight excluding hydrogens is 416 g/mol. The average molecular weight is 438 g/mol. The summed E-state index contributed by atoms with van der Waals surface area (Å²) in [5, 5.41) is 4.13. The molecule has 0 radical (unpaired) electrons. The van der Waals surface area contributed by atoms with Crippen LogP contribution in [-0.4, -0.2) is 64.5 Å². The fourth-order valence-corrected chi connectivity index (χ4v) is 3.57. The molecule has 0 spiro atoms. The summed E-state index contributed by atoms with van der Waals surface area (Å²) in [5.41, 5.74) is 4.91. The Morgan fingerprint density at radius 3 is 2.59 bits per heavy atom. The van der Waals surface area contributed by atoms with Crippen LogP contribution in [0.3, 0.4) is 0 Å². The zero-order chi connectivity index (χ0) is 22.7. The Kier molecular flexibility index (Phi) is 6.10. The summed E-state index contributed by atoms with van der Waals surface area (Å²) in [6.45, 7) is 5.19. The molecule has 0 aliphatic carbocycles. The molecule has 3 heterocycles. The first kappa shape index (κ1) is 21.4. The lowest BCUT2D eigenvalue weighted by Crippen LogP contribution is -2.49. The van der Waals surface area contributed by atoms with Gasteiger partial charge in [0.15, 0.2) is 5.65 Å². The number of para-hydroxylation sites is 1. The zero-order valence-electron chi connectivity index (χ0n) is 17.4. The van der Waals surface area contributed by atoms with Gasteiger partial charge in [0.1, 0.15) is 5.56 Å². The van der Waals surface area contributed by atoms with Gasteiger partial charge in [-0.15, -0.1) is 0 Å².